The Morgan fingerprint density at radius 2 is 2.21 bits per heavy atom. The molecule has 2 aromatic heterocycles. The molecule has 1 amide bonds. The number of nitrogens with zero attached hydrogens (tertiary/aromatic N) is 4. The number of ether oxygens (including phenoxy) is 2. The maximum atomic E-state index is 13.4. The molecule has 152 valence electrons. The summed E-state index contributed by atoms with van der Waals surface area (Å²) in [6.45, 7) is 1.02. The number of anilines is 1. The fraction of sp³-hybridized carbons (Fsp3) is 0.650. The van der Waals surface area contributed by atoms with Gasteiger partial charge in [0, 0.05) is 43.3 Å². The Labute approximate surface area is 169 Å². The van der Waals surface area contributed by atoms with Gasteiger partial charge in [-0.05, 0) is 32.1 Å². The second-order valence-corrected chi connectivity index (χ2v) is 8.66. The molecule has 1 saturated carbocycles. The minimum atomic E-state index is -0.00885. The van der Waals surface area contributed by atoms with Gasteiger partial charge in [0.05, 0.1) is 31.1 Å². The standard InChI is InChI=1S/C20H28N4O3S/c1-23-16-7-8-17-18(15(16)12-21-23)22-20(28-17)24(9-10-26-2)19(25)13-5-4-6-14(11-13)27-3/h12-14H,4-11H2,1-3H3. The first-order chi connectivity index (χ1) is 13.6. The van der Waals surface area contributed by atoms with Gasteiger partial charge in [0.1, 0.15) is 0 Å². The van der Waals surface area contributed by atoms with Crippen LogP contribution in [0.4, 0.5) is 5.13 Å². The molecule has 7 nitrogen and oxygen atoms in total. The predicted octanol–water partition coefficient (Wildman–Crippen LogP) is 2.83. The lowest BCUT2D eigenvalue weighted by molar-refractivity contribution is -0.125. The van der Waals surface area contributed by atoms with E-state index in [2.05, 4.69) is 5.10 Å². The molecule has 0 spiro atoms. The van der Waals surface area contributed by atoms with Crippen LogP contribution >= 0.6 is 11.3 Å². The first-order valence-corrected chi connectivity index (χ1v) is 10.8. The van der Waals surface area contributed by atoms with E-state index in [1.54, 1.807) is 25.6 Å². The summed E-state index contributed by atoms with van der Waals surface area (Å²) in [7, 11) is 5.38. The van der Waals surface area contributed by atoms with E-state index >= 15 is 0 Å². The highest BCUT2D eigenvalue weighted by atomic mass is 32.1. The number of rotatable bonds is 6. The van der Waals surface area contributed by atoms with E-state index < -0.39 is 0 Å². The monoisotopic (exact) mass is 404 g/mol. The highest BCUT2D eigenvalue weighted by molar-refractivity contribution is 7.16. The van der Waals surface area contributed by atoms with Crippen LogP contribution in [0.5, 0.6) is 0 Å². The lowest BCUT2D eigenvalue weighted by Gasteiger charge is -2.31. The van der Waals surface area contributed by atoms with Crippen molar-refractivity contribution in [2.24, 2.45) is 13.0 Å². The van der Waals surface area contributed by atoms with Gasteiger partial charge < -0.3 is 9.47 Å². The largest absolute Gasteiger partial charge is 0.383 e. The van der Waals surface area contributed by atoms with Crippen LogP contribution in [-0.4, -0.2) is 54.1 Å². The van der Waals surface area contributed by atoms with Crippen molar-refractivity contribution in [3.05, 3.63) is 16.8 Å². The van der Waals surface area contributed by atoms with E-state index in [0.29, 0.717) is 13.2 Å². The number of thiazole rings is 1. The number of hydrogen-bond acceptors (Lipinski definition) is 6. The summed E-state index contributed by atoms with van der Waals surface area (Å²) in [6.07, 6.45) is 7.74. The van der Waals surface area contributed by atoms with Crippen molar-refractivity contribution in [3.8, 4) is 11.3 Å². The molecule has 4 rings (SSSR count). The van der Waals surface area contributed by atoms with E-state index in [4.69, 9.17) is 14.5 Å². The van der Waals surface area contributed by atoms with Crippen LogP contribution in [0, 0.1) is 5.92 Å². The predicted molar refractivity (Wildman–Crippen MR) is 109 cm³/mol. The van der Waals surface area contributed by atoms with Gasteiger partial charge in [0.15, 0.2) is 5.13 Å². The molecular formula is C20H28N4O3S. The van der Waals surface area contributed by atoms with Crippen molar-refractivity contribution in [1.29, 1.82) is 0 Å². The van der Waals surface area contributed by atoms with E-state index in [1.165, 1.54) is 10.6 Å². The average molecular weight is 405 g/mol. The Balaban J connectivity index is 1.62. The summed E-state index contributed by atoms with van der Waals surface area (Å²) in [5.74, 6) is 0.141. The van der Waals surface area contributed by atoms with E-state index in [-0.39, 0.29) is 17.9 Å². The molecule has 0 N–H and O–H groups in total. The molecule has 2 aliphatic carbocycles. The molecule has 28 heavy (non-hydrogen) atoms. The average Bonchev–Trinajstić information content (AvgIpc) is 3.31. The zero-order valence-electron chi connectivity index (χ0n) is 16.8. The second kappa shape index (κ2) is 8.31. The van der Waals surface area contributed by atoms with Crippen molar-refractivity contribution in [2.75, 3.05) is 32.3 Å². The van der Waals surface area contributed by atoms with E-state index in [1.807, 2.05) is 22.8 Å². The molecule has 0 aromatic carbocycles. The quantitative estimate of drug-likeness (QED) is 0.740. The molecular weight excluding hydrogens is 376 g/mol. The number of carbonyl (C=O) groups excluding carboxylic acids is 1. The summed E-state index contributed by atoms with van der Waals surface area (Å²) in [4.78, 5) is 21.4. The zero-order chi connectivity index (χ0) is 19.7. The molecule has 0 aliphatic heterocycles. The highest BCUT2D eigenvalue weighted by Gasteiger charge is 2.33. The number of amides is 1. The smallest absolute Gasteiger partial charge is 0.232 e. The molecule has 0 radical (unpaired) electrons. The third-order valence-electron chi connectivity index (χ3n) is 5.92. The third-order valence-corrected chi connectivity index (χ3v) is 7.05. The molecule has 0 bridgehead atoms. The fourth-order valence-electron chi connectivity index (χ4n) is 4.31. The Bertz CT molecular complexity index is 847. The SMILES string of the molecule is COCCN(C(=O)C1CCCC(OC)C1)c1nc2c(s1)CCc1c-2cnn1C. The molecule has 2 heterocycles. The van der Waals surface area contributed by atoms with Gasteiger partial charge in [-0.25, -0.2) is 4.98 Å². The van der Waals surface area contributed by atoms with Gasteiger partial charge in [-0.3, -0.25) is 14.4 Å². The number of aromatic nitrogens is 3. The van der Waals surface area contributed by atoms with E-state index in [9.17, 15) is 4.79 Å². The molecule has 8 heteroatoms. The summed E-state index contributed by atoms with van der Waals surface area (Å²) < 4.78 is 12.7. The van der Waals surface area contributed by atoms with Crippen molar-refractivity contribution in [3.63, 3.8) is 0 Å². The first-order valence-electron chi connectivity index (χ1n) is 9.96. The van der Waals surface area contributed by atoms with Crippen LogP contribution < -0.4 is 4.90 Å². The van der Waals surface area contributed by atoms with Crippen LogP contribution in [0.25, 0.3) is 11.3 Å². The molecule has 2 atom stereocenters. The summed E-state index contributed by atoms with van der Waals surface area (Å²) in [5, 5.41) is 5.17. The summed E-state index contributed by atoms with van der Waals surface area (Å²) >= 11 is 1.64. The van der Waals surface area contributed by atoms with Gasteiger partial charge in [0.25, 0.3) is 0 Å². The van der Waals surface area contributed by atoms with Gasteiger partial charge in [-0.15, -0.1) is 11.3 Å². The first kappa shape index (κ1) is 19.5. The number of methoxy groups -OCH3 is 2. The van der Waals surface area contributed by atoms with Crippen LogP contribution in [0.2, 0.25) is 0 Å². The topological polar surface area (TPSA) is 69.5 Å². The number of carbonyl (C=O) groups is 1. The number of aryl methyl sites for hydroxylation is 2. The Hall–Kier alpha value is -1.77. The Morgan fingerprint density at radius 1 is 1.36 bits per heavy atom. The molecule has 2 aromatic rings. The maximum Gasteiger partial charge on any atom is 0.232 e. The fourth-order valence-corrected chi connectivity index (χ4v) is 5.42. The van der Waals surface area contributed by atoms with Crippen LogP contribution in [-0.2, 0) is 34.2 Å². The lowest BCUT2D eigenvalue weighted by atomic mass is 9.86. The van der Waals surface area contributed by atoms with Crippen LogP contribution in [0.15, 0.2) is 6.20 Å². The number of hydrogen-bond donors (Lipinski definition) is 0. The minimum absolute atomic E-state index is 0.00885. The van der Waals surface area contributed by atoms with Gasteiger partial charge in [-0.2, -0.15) is 5.10 Å². The van der Waals surface area contributed by atoms with Crippen molar-refractivity contribution in [2.45, 2.75) is 44.6 Å². The second-order valence-electron chi connectivity index (χ2n) is 7.60. The normalized spacial score (nSPS) is 21.2. The van der Waals surface area contributed by atoms with Crippen LogP contribution in [0.1, 0.15) is 36.3 Å². The van der Waals surface area contributed by atoms with Gasteiger partial charge in [-0.1, -0.05) is 6.42 Å². The van der Waals surface area contributed by atoms with Crippen molar-refractivity contribution < 1.29 is 14.3 Å². The van der Waals surface area contributed by atoms with Gasteiger partial charge >= 0.3 is 0 Å². The Kier molecular flexibility index (Phi) is 5.80. The highest BCUT2D eigenvalue weighted by Crippen LogP contribution is 2.40. The molecule has 1 fully saturated rings. The van der Waals surface area contributed by atoms with Crippen molar-refractivity contribution >= 4 is 22.4 Å². The molecule has 2 unspecified atom stereocenters. The third kappa shape index (κ3) is 3.60. The Morgan fingerprint density at radius 3 is 3.00 bits per heavy atom. The van der Waals surface area contributed by atoms with E-state index in [0.717, 1.165) is 54.9 Å². The molecule has 2 aliphatic rings. The maximum absolute atomic E-state index is 13.4. The van der Waals surface area contributed by atoms with Crippen LogP contribution in [0.3, 0.4) is 0 Å². The van der Waals surface area contributed by atoms with Crippen molar-refractivity contribution in [1.82, 2.24) is 14.8 Å². The number of fused-ring (bicyclic) bond motifs is 3. The summed E-state index contributed by atoms with van der Waals surface area (Å²) in [5.41, 5.74) is 3.31. The van der Waals surface area contributed by atoms with Gasteiger partial charge in [0.2, 0.25) is 5.91 Å². The zero-order valence-corrected chi connectivity index (χ0v) is 17.6. The lowest BCUT2D eigenvalue weighted by Crippen LogP contribution is -2.41. The molecule has 0 saturated heterocycles. The summed E-state index contributed by atoms with van der Waals surface area (Å²) in [6, 6.07) is 0. The minimum Gasteiger partial charge on any atom is -0.383 e.